The molecule has 0 saturated carbocycles. The number of hydrogen-bond donors (Lipinski definition) is 4. The number of nitrogens with one attached hydrogen (secondary N) is 1. The monoisotopic (exact) mass is 316 g/mol. The van der Waals surface area contributed by atoms with Crippen LogP contribution in [-0.4, -0.2) is 58.5 Å². The molecule has 21 heavy (non-hydrogen) atoms. The van der Waals surface area contributed by atoms with Crippen LogP contribution in [0.25, 0.3) is 0 Å². The highest BCUT2D eigenvalue weighted by atomic mass is 35.5. The van der Waals surface area contributed by atoms with Crippen LogP contribution in [0, 0.1) is 0 Å². The summed E-state index contributed by atoms with van der Waals surface area (Å²) in [5.74, 6) is -1.26. The van der Waals surface area contributed by atoms with Crippen LogP contribution < -0.4 is 5.32 Å². The summed E-state index contributed by atoms with van der Waals surface area (Å²) in [6.45, 7) is -0.614. The topological polar surface area (TPSA) is 110 Å². The first kappa shape index (κ1) is 17.2. The van der Waals surface area contributed by atoms with E-state index in [1.165, 1.54) is 12.1 Å². The normalized spacial score (nSPS) is 11.8. The highest BCUT2D eigenvalue weighted by Gasteiger charge is 2.26. The van der Waals surface area contributed by atoms with Gasteiger partial charge in [0.15, 0.2) is 6.04 Å². The lowest BCUT2D eigenvalue weighted by atomic mass is 10.1. The van der Waals surface area contributed by atoms with Crippen molar-refractivity contribution in [2.75, 3.05) is 26.3 Å². The summed E-state index contributed by atoms with van der Waals surface area (Å²) < 4.78 is 0. The van der Waals surface area contributed by atoms with Crippen LogP contribution in [0.3, 0.4) is 0 Å². The number of hydrogen-bond acceptors (Lipinski definition) is 4. The van der Waals surface area contributed by atoms with E-state index < -0.39 is 18.0 Å². The van der Waals surface area contributed by atoms with Crippen LogP contribution in [0.5, 0.6) is 0 Å². The molecule has 0 bridgehead atoms. The van der Waals surface area contributed by atoms with E-state index in [-0.39, 0.29) is 36.9 Å². The molecule has 4 N–H and O–H groups in total. The van der Waals surface area contributed by atoms with Gasteiger partial charge in [-0.2, -0.15) is 0 Å². The van der Waals surface area contributed by atoms with Gasteiger partial charge in [0.2, 0.25) is 0 Å². The van der Waals surface area contributed by atoms with Crippen LogP contribution >= 0.6 is 11.6 Å². The third-order valence-corrected chi connectivity index (χ3v) is 3.10. The molecule has 0 radical (unpaired) electrons. The van der Waals surface area contributed by atoms with Crippen molar-refractivity contribution in [1.29, 1.82) is 0 Å². The molecule has 7 nitrogen and oxygen atoms in total. The first-order chi connectivity index (χ1) is 10.0. The molecule has 1 aromatic rings. The maximum Gasteiger partial charge on any atom is 0.331 e. The Morgan fingerprint density at radius 2 is 1.76 bits per heavy atom. The summed E-state index contributed by atoms with van der Waals surface area (Å²) in [5, 5.41) is 29.6. The standard InChI is InChI=1S/C13H17ClN2O5/c14-10-4-2-1-3-9(10)11(12(19)20)15-13(21)16(5-7-17)6-8-18/h1-4,11,17-18H,5-8H2,(H,15,21)(H,19,20)/t11-/m1/s1. The minimum absolute atomic E-state index is 0.0126. The lowest BCUT2D eigenvalue weighted by molar-refractivity contribution is -0.139. The highest BCUT2D eigenvalue weighted by Crippen LogP contribution is 2.23. The molecule has 1 aromatic carbocycles. The zero-order valence-corrected chi connectivity index (χ0v) is 12.0. The molecule has 0 heterocycles. The number of urea groups is 1. The lowest BCUT2D eigenvalue weighted by Crippen LogP contribution is -2.46. The van der Waals surface area contributed by atoms with Gasteiger partial charge >= 0.3 is 12.0 Å². The van der Waals surface area contributed by atoms with Crippen molar-refractivity contribution in [2.24, 2.45) is 0 Å². The fourth-order valence-corrected chi connectivity index (χ4v) is 2.00. The van der Waals surface area contributed by atoms with Gasteiger partial charge in [0.1, 0.15) is 0 Å². The molecule has 0 aromatic heterocycles. The Hall–Kier alpha value is -1.83. The van der Waals surface area contributed by atoms with E-state index in [1.54, 1.807) is 12.1 Å². The summed E-state index contributed by atoms with van der Waals surface area (Å²) in [7, 11) is 0. The third-order valence-electron chi connectivity index (χ3n) is 2.76. The number of carbonyl (C=O) groups is 2. The van der Waals surface area contributed by atoms with Gasteiger partial charge < -0.3 is 25.5 Å². The minimum atomic E-state index is -1.31. The Balaban J connectivity index is 2.91. The Bertz CT molecular complexity index is 491. The molecular formula is C13H17ClN2O5. The van der Waals surface area contributed by atoms with Crippen molar-refractivity contribution in [1.82, 2.24) is 10.2 Å². The van der Waals surface area contributed by atoms with Gasteiger partial charge in [0.05, 0.1) is 13.2 Å². The van der Waals surface area contributed by atoms with E-state index in [9.17, 15) is 14.7 Å². The maximum absolute atomic E-state index is 12.0. The highest BCUT2D eigenvalue weighted by molar-refractivity contribution is 6.31. The molecule has 0 aliphatic rings. The molecule has 0 spiro atoms. The average Bonchev–Trinajstić information content (AvgIpc) is 2.45. The summed E-state index contributed by atoms with van der Waals surface area (Å²) >= 11 is 5.94. The van der Waals surface area contributed by atoms with Gasteiger partial charge in [0, 0.05) is 23.7 Å². The van der Waals surface area contributed by atoms with E-state index in [1.807, 2.05) is 0 Å². The first-order valence-corrected chi connectivity index (χ1v) is 6.63. The zero-order chi connectivity index (χ0) is 15.8. The van der Waals surface area contributed by atoms with Gasteiger partial charge in [-0.05, 0) is 6.07 Å². The second kappa shape index (κ2) is 8.46. The molecule has 8 heteroatoms. The molecule has 0 unspecified atom stereocenters. The summed E-state index contributed by atoms with van der Waals surface area (Å²) in [6.07, 6.45) is 0. The largest absolute Gasteiger partial charge is 0.479 e. The van der Waals surface area contributed by atoms with Gasteiger partial charge in [-0.3, -0.25) is 0 Å². The maximum atomic E-state index is 12.0. The number of aliphatic carboxylic acids is 1. The molecular weight excluding hydrogens is 300 g/mol. The number of carboxylic acids is 1. The van der Waals surface area contributed by atoms with Gasteiger partial charge in [-0.25, -0.2) is 9.59 Å². The fourth-order valence-electron chi connectivity index (χ4n) is 1.75. The number of amides is 2. The minimum Gasteiger partial charge on any atom is -0.479 e. The van der Waals surface area contributed by atoms with Crippen LogP contribution in [0.15, 0.2) is 24.3 Å². The van der Waals surface area contributed by atoms with E-state index >= 15 is 0 Å². The van der Waals surface area contributed by atoms with Crippen LogP contribution in [0.4, 0.5) is 4.79 Å². The molecule has 1 atom stereocenters. The number of nitrogens with zero attached hydrogens (tertiary/aromatic N) is 1. The van der Waals surface area contributed by atoms with Gasteiger partial charge in [0.25, 0.3) is 0 Å². The Labute approximate surface area is 126 Å². The van der Waals surface area contributed by atoms with Crippen molar-refractivity contribution >= 4 is 23.6 Å². The second-order valence-corrected chi connectivity index (χ2v) is 4.58. The number of aliphatic hydroxyl groups excluding tert-OH is 2. The quantitative estimate of drug-likeness (QED) is 0.584. The Kier molecular flexibility index (Phi) is 6.93. The third kappa shape index (κ3) is 4.89. The zero-order valence-electron chi connectivity index (χ0n) is 11.2. The molecule has 1 rings (SSSR count). The molecule has 116 valence electrons. The number of rotatable bonds is 7. The lowest BCUT2D eigenvalue weighted by Gasteiger charge is -2.24. The number of aliphatic hydroxyl groups is 2. The second-order valence-electron chi connectivity index (χ2n) is 4.18. The summed E-state index contributed by atoms with van der Waals surface area (Å²) in [5.41, 5.74) is 0.257. The van der Waals surface area contributed by atoms with E-state index in [2.05, 4.69) is 5.32 Å². The SMILES string of the molecule is O=C(O)[C@H](NC(=O)N(CCO)CCO)c1ccccc1Cl. The Morgan fingerprint density at radius 1 is 1.19 bits per heavy atom. The van der Waals surface area contributed by atoms with Crippen molar-refractivity contribution in [3.8, 4) is 0 Å². The molecule has 0 aliphatic carbocycles. The van der Waals surface area contributed by atoms with Crippen molar-refractivity contribution < 1.29 is 24.9 Å². The van der Waals surface area contributed by atoms with Crippen LogP contribution in [0.1, 0.15) is 11.6 Å². The average molecular weight is 317 g/mol. The number of benzene rings is 1. The number of carbonyl (C=O) groups excluding carboxylic acids is 1. The van der Waals surface area contributed by atoms with E-state index in [0.29, 0.717) is 0 Å². The van der Waals surface area contributed by atoms with Gasteiger partial charge in [-0.1, -0.05) is 29.8 Å². The number of carboxylic acid groups (broad SMARTS) is 1. The molecule has 0 saturated heterocycles. The first-order valence-electron chi connectivity index (χ1n) is 6.25. The Morgan fingerprint density at radius 3 is 2.24 bits per heavy atom. The van der Waals surface area contributed by atoms with Crippen molar-refractivity contribution in [3.05, 3.63) is 34.9 Å². The smallest absolute Gasteiger partial charge is 0.331 e. The predicted molar refractivity (Wildman–Crippen MR) is 76.1 cm³/mol. The molecule has 0 fully saturated rings. The summed E-state index contributed by atoms with van der Waals surface area (Å²) in [6, 6.07) is 4.28. The van der Waals surface area contributed by atoms with E-state index in [4.69, 9.17) is 21.8 Å². The summed E-state index contributed by atoms with van der Waals surface area (Å²) in [4.78, 5) is 24.5. The number of halogens is 1. The van der Waals surface area contributed by atoms with E-state index in [0.717, 1.165) is 4.90 Å². The van der Waals surface area contributed by atoms with Crippen molar-refractivity contribution in [2.45, 2.75) is 6.04 Å². The van der Waals surface area contributed by atoms with Crippen LogP contribution in [0.2, 0.25) is 5.02 Å². The van der Waals surface area contributed by atoms with Crippen molar-refractivity contribution in [3.63, 3.8) is 0 Å². The predicted octanol–water partition coefficient (Wildman–Crippen LogP) is 0.462. The molecule has 2 amide bonds. The molecule has 0 aliphatic heterocycles. The van der Waals surface area contributed by atoms with Gasteiger partial charge in [-0.15, -0.1) is 0 Å². The fraction of sp³-hybridized carbons (Fsp3) is 0.385. The van der Waals surface area contributed by atoms with Crippen LogP contribution in [-0.2, 0) is 4.79 Å².